The van der Waals surface area contributed by atoms with Crippen LogP contribution in [0, 0.1) is 0 Å². The first-order valence-corrected chi connectivity index (χ1v) is 7.83. The molecule has 1 amide bonds. The lowest BCUT2D eigenvalue weighted by Gasteiger charge is -2.07. The lowest BCUT2D eigenvalue weighted by Crippen LogP contribution is -2.31. The van der Waals surface area contributed by atoms with E-state index in [-0.39, 0.29) is 17.0 Å². The van der Waals surface area contributed by atoms with E-state index in [4.69, 9.17) is 4.74 Å². The van der Waals surface area contributed by atoms with E-state index in [1.54, 1.807) is 13.2 Å². The monoisotopic (exact) mass is 312 g/mol. The van der Waals surface area contributed by atoms with Gasteiger partial charge in [-0.15, -0.1) is 0 Å². The number of pyridine rings is 1. The number of fused-ring (bicyclic) bond motifs is 1. The maximum atomic E-state index is 12.2. The van der Waals surface area contributed by atoms with E-state index in [0.29, 0.717) is 13.0 Å². The molecule has 0 spiro atoms. The van der Waals surface area contributed by atoms with Crippen molar-refractivity contribution < 1.29 is 9.53 Å². The van der Waals surface area contributed by atoms with Gasteiger partial charge in [0.1, 0.15) is 11.3 Å². The number of nitrogens with one attached hydrogen (secondary N) is 2. The largest absolute Gasteiger partial charge is 0.497 e. The molecule has 0 bridgehead atoms. The van der Waals surface area contributed by atoms with Crippen LogP contribution in [0.2, 0.25) is 0 Å². The van der Waals surface area contributed by atoms with Gasteiger partial charge in [0.15, 0.2) is 0 Å². The molecule has 1 heterocycles. The number of ether oxygens (including phenoxy) is 1. The molecule has 2 aromatic rings. The fraction of sp³-hybridized carbons (Fsp3) is 0.333. The van der Waals surface area contributed by atoms with Crippen molar-refractivity contribution in [3.8, 4) is 5.75 Å². The van der Waals surface area contributed by atoms with Crippen LogP contribution in [0.25, 0.3) is 0 Å². The summed E-state index contributed by atoms with van der Waals surface area (Å²) in [5.41, 5.74) is 3.08. The molecule has 0 aliphatic heterocycles. The minimum Gasteiger partial charge on any atom is -0.497 e. The van der Waals surface area contributed by atoms with Crippen LogP contribution in [0.3, 0.4) is 0 Å². The number of carbonyl (C=O) groups is 1. The smallest absolute Gasteiger partial charge is 0.261 e. The van der Waals surface area contributed by atoms with Gasteiger partial charge in [0.25, 0.3) is 11.5 Å². The molecule has 1 aromatic heterocycles. The summed E-state index contributed by atoms with van der Waals surface area (Å²) in [4.78, 5) is 27.0. The zero-order valence-electron chi connectivity index (χ0n) is 13.1. The Labute approximate surface area is 134 Å². The molecule has 23 heavy (non-hydrogen) atoms. The number of aromatic amines is 1. The molecule has 3 rings (SSSR count). The quantitative estimate of drug-likeness (QED) is 0.885. The first kappa shape index (κ1) is 15.3. The molecule has 1 aliphatic rings. The van der Waals surface area contributed by atoms with E-state index >= 15 is 0 Å². The summed E-state index contributed by atoms with van der Waals surface area (Å²) in [6.07, 6.45) is 3.56. The minimum atomic E-state index is -0.311. The van der Waals surface area contributed by atoms with Gasteiger partial charge in [0.05, 0.1) is 7.11 Å². The SMILES string of the molecule is COc1ccc(CCNC(=O)c2cc3c([nH]c2=O)CCC3)cc1. The third-order valence-electron chi connectivity index (χ3n) is 4.19. The van der Waals surface area contributed by atoms with Crippen LogP contribution in [0.15, 0.2) is 35.1 Å². The van der Waals surface area contributed by atoms with Crippen molar-refractivity contribution in [2.75, 3.05) is 13.7 Å². The van der Waals surface area contributed by atoms with Crippen LogP contribution < -0.4 is 15.6 Å². The number of benzene rings is 1. The molecule has 0 radical (unpaired) electrons. The van der Waals surface area contributed by atoms with Gasteiger partial charge in [-0.1, -0.05) is 12.1 Å². The van der Waals surface area contributed by atoms with E-state index in [2.05, 4.69) is 10.3 Å². The average molecular weight is 312 g/mol. The van der Waals surface area contributed by atoms with E-state index in [9.17, 15) is 9.59 Å². The number of rotatable bonds is 5. The van der Waals surface area contributed by atoms with Crippen molar-refractivity contribution in [2.45, 2.75) is 25.7 Å². The average Bonchev–Trinajstić information content (AvgIpc) is 3.01. The third-order valence-corrected chi connectivity index (χ3v) is 4.19. The van der Waals surface area contributed by atoms with E-state index < -0.39 is 0 Å². The van der Waals surface area contributed by atoms with Crippen molar-refractivity contribution in [3.63, 3.8) is 0 Å². The summed E-state index contributed by atoms with van der Waals surface area (Å²) in [7, 11) is 1.63. The fourth-order valence-corrected chi connectivity index (χ4v) is 2.89. The number of hydrogen-bond donors (Lipinski definition) is 2. The van der Waals surface area contributed by atoms with Gasteiger partial charge in [0.2, 0.25) is 0 Å². The van der Waals surface area contributed by atoms with Crippen molar-refractivity contribution in [1.29, 1.82) is 0 Å². The molecule has 0 saturated heterocycles. The Morgan fingerprint density at radius 2 is 2.04 bits per heavy atom. The summed E-state index contributed by atoms with van der Waals surface area (Å²) in [6, 6.07) is 9.45. The second-order valence-corrected chi connectivity index (χ2v) is 5.72. The number of aryl methyl sites for hydroxylation is 2. The Morgan fingerprint density at radius 3 is 2.78 bits per heavy atom. The second-order valence-electron chi connectivity index (χ2n) is 5.72. The van der Waals surface area contributed by atoms with Crippen LogP contribution in [0.5, 0.6) is 5.75 Å². The van der Waals surface area contributed by atoms with Gasteiger partial charge in [0, 0.05) is 12.2 Å². The molecule has 1 aliphatic carbocycles. The molecule has 1 aromatic carbocycles. The Balaban J connectivity index is 1.60. The molecule has 2 N–H and O–H groups in total. The standard InChI is InChI=1S/C18H20N2O3/c1-23-14-7-5-12(6-8-14)9-10-19-17(21)15-11-13-3-2-4-16(13)20-18(15)22/h5-8,11H,2-4,9-10H2,1H3,(H,19,21)(H,20,22). The number of aromatic nitrogens is 1. The highest BCUT2D eigenvalue weighted by Crippen LogP contribution is 2.18. The zero-order chi connectivity index (χ0) is 16.2. The Bertz CT molecular complexity index is 763. The highest BCUT2D eigenvalue weighted by Gasteiger charge is 2.17. The lowest BCUT2D eigenvalue weighted by molar-refractivity contribution is 0.0952. The van der Waals surface area contributed by atoms with E-state index in [1.807, 2.05) is 24.3 Å². The summed E-state index contributed by atoms with van der Waals surface area (Å²) < 4.78 is 5.11. The van der Waals surface area contributed by atoms with Gasteiger partial charge in [-0.05, 0) is 55.0 Å². The second kappa shape index (κ2) is 6.69. The van der Waals surface area contributed by atoms with Crippen molar-refractivity contribution in [2.24, 2.45) is 0 Å². The van der Waals surface area contributed by atoms with Crippen LogP contribution in [0.4, 0.5) is 0 Å². The van der Waals surface area contributed by atoms with Crippen molar-refractivity contribution in [3.05, 3.63) is 63.1 Å². The van der Waals surface area contributed by atoms with Gasteiger partial charge >= 0.3 is 0 Å². The van der Waals surface area contributed by atoms with Crippen LogP contribution >= 0.6 is 0 Å². The molecule has 0 fully saturated rings. The number of hydrogen-bond acceptors (Lipinski definition) is 3. The Hall–Kier alpha value is -2.56. The first-order valence-electron chi connectivity index (χ1n) is 7.83. The Kier molecular flexibility index (Phi) is 4.46. The number of carbonyl (C=O) groups excluding carboxylic acids is 1. The molecule has 0 unspecified atom stereocenters. The van der Waals surface area contributed by atoms with Crippen LogP contribution in [-0.2, 0) is 19.3 Å². The predicted molar refractivity (Wildman–Crippen MR) is 88.1 cm³/mol. The lowest BCUT2D eigenvalue weighted by atomic mass is 10.1. The maximum Gasteiger partial charge on any atom is 0.261 e. The van der Waals surface area contributed by atoms with Crippen LogP contribution in [-0.4, -0.2) is 24.5 Å². The highest BCUT2D eigenvalue weighted by molar-refractivity contribution is 5.94. The predicted octanol–water partition coefficient (Wildman–Crippen LogP) is 1.84. The van der Waals surface area contributed by atoms with E-state index in [0.717, 1.165) is 41.8 Å². The number of H-pyrrole nitrogens is 1. The molecule has 0 atom stereocenters. The van der Waals surface area contributed by atoms with E-state index in [1.165, 1.54) is 0 Å². The molecular formula is C18H20N2O3. The molecule has 5 nitrogen and oxygen atoms in total. The fourth-order valence-electron chi connectivity index (χ4n) is 2.89. The summed E-state index contributed by atoms with van der Waals surface area (Å²) in [5, 5.41) is 2.82. The number of methoxy groups -OCH3 is 1. The summed E-state index contributed by atoms with van der Waals surface area (Å²) in [5.74, 6) is 0.497. The van der Waals surface area contributed by atoms with Gasteiger partial charge in [-0.3, -0.25) is 9.59 Å². The number of amides is 1. The van der Waals surface area contributed by atoms with Crippen molar-refractivity contribution >= 4 is 5.91 Å². The van der Waals surface area contributed by atoms with Gasteiger partial charge in [-0.2, -0.15) is 0 Å². The van der Waals surface area contributed by atoms with Crippen molar-refractivity contribution in [1.82, 2.24) is 10.3 Å². The molecular weight excluding hydrogens is 292 g/mol. The van der Waals surface area contributed by atoms with Gasteiger partial charge < -0.3 is 15.0 Å². The van der Waals surface area contributed by atoms with Gasteiger partial charge in [-0.25, -0.2) is 0 Å². The molecule has 0 saturated carbocycles. The topological polar surface area (TPSA) is 71.2 Å². The highest BCUT2D eigenvalue weighted by atomic mass is 16.5. The Morgan fingerprint density at radius 1 is 1.26 bits per heavy atom. The van der Waals surface area contributed by atoms with Crippen LogP contribution in [0.1, 0.15) is 33.6 Å². The first-order chi connectivity index (χ1) is 11.2. The normalized spacial score (nSPS) is 12.7. The third kappa shape index (κ3) is 3.44. The summed E-state index contributed by atoms with van der Waals surface area (Å²) in [6.45, 7) is 0.488. The molecule has 5 heteroatoms. The minimum absolute atomic E-state index is 0.209. The molecule has 120 valence electrons. The zero-order valence-corrected chi connectivity index (χ0v) is 13.1. The maximum absolute atomic E-state index is 12.2. The summed E-state index contributed by atoms with van der Waals surface area (Å²) >= 11 is 0.